The van der Waals surface area contributed by atoms with Gasteiger partial charge in [0.15, 0.2) is 11.6 Å². The first kappa shape index (κ1) is 11.1. The maximum absolute atomic E-state index is 13.8. The molecule has 84 valence electrons. The van der Waals surface area contributed by atoms with Gasteiger partial charge >= 0.3 is 0 Å². The van der Waals surface area contributed by atoms with Gasteiger partial charge in [0.25, 0.3) is 0 Å². The topological polar surface area (TPSA) is 52.0 Å². The van der Waals surface area contributed by atoms with Gasteiger partial charge in [0.1, 0.15) is 5.82 Å². The molecule has 16 heavy (non-hydrogen) atoms. The maximum Gasteiger partial charge on any atom is 0.175 e. The molecule has 2 rings (SSSR count). The molecule has 3 nitrogen and oxygen atoms in total. The van der Waals surface area contributed by atoms with E-state index in [0.29, 0.717) is 28.0 Å². The number of rotatable bonds is 2. The quantitative estimate of drug-likeness (QED) is 0.920. The molecule has 0 saturated carbocycles. The van der Waals surface area contributed by atoms with Crippen LogP contribution in [0.4, 0.5) is 10.2 Å². The zero-order chi connectivity index (χ0) is 11.7. The van der Waals surface area contributed by atoms with Gasteiger partial charge in [0, 0.05) is 5.56 Å². The van der Waals surface area contributed by atoms with Gasteiger partial charge in [-0.05, 0) is 34.5 Å². The molecule has 0 unspecified atom stereocenters. The lowest BCUT2D eigenvalue weighted by Crippen LogP contribution is -1.92. The van der Waals surface area contributed by atoms with Crippen molar-refractivity contribution in [2.75, 3.05) is 5.73 Å². The van der Waals surface area contributed by atoms with E-state index in [0.717, 1.165) is 5.56 Å². The average molecular weight is 285 g/mol. The number of aromatic nitrogens is 1. The molecule has 0 aliphatic heterocycles. The Morgan fingerprint density at radius 1 is 1.50 bits per heavy atom. The van der Waals surface area contributed by atoms with Gasteiger partial charge in [0.05, 0.1) is 10.0 Å². The van der Waals surface area contributed by atoms with Crippen molar-refractivity contribution in [2.24, 2.45) is 0 Å². The number of anilines is 1. The first-order valence-electron chi connectivity index (χ1n) is 4.83. The van der Waals surface area contributed by atoms with E-state index in [-0.39, 0.29) is 5.82 Å². The van der Waals surface area contributed by atoms with E-state index in [1.165, 1.54) is 0 Å². The van der Waals surface area contributed by atoms with Crippen LogP contribution in [0.5, 0.6) is 0 Å². The van der Waals surface area contributed by atoms with Gasteiger partial charge in [-0.15, -0.1) is 0 Å². The lowest BCUT2D eigenvalue weighted by atomic mass is 10.1. The Morgan fingerprint density at radius 3 is 2.94 bits per heavy atom. The fraction of sp³-hybridized carbons (Fsp3) is 0.182. The molecule has 2 aromatic rings. The molecule has 0 fully saturated rings. The summed E-state index contributed by atoms with van der Waals surface area (Å²) in [6, 6.07) is 5.00. The van der Waals surface area contributed by atoms with E-state index in [9.17, 15) is 4.39 Å². The largest absolute Gasteiger partial charge is 0.381 e. The van der Waals surface area contributed by atoms with Gasteiger partial charge in [0.2, 0.25) is 0 Å². The summed E-state index contributed by atoms with van der Waals surface area (Å²) in [5.74, 6) is 0.351. The minimum absolute atomic E-state index is 0.317. The molecule has 5 heteroatoms. The van der Waals surface area contributed by atoms with Crippen molar-refractivity contribution in [3.63, 3.8) is 0 Å². The van der Waals surface area contributed by atoms with E-state index < -0.39 is 0 Å². The number of hydrogen-bond donors (Lipinski definition) is 1. The van der Waals surface area contributed by atoms with Gasteiger partial charge in [-0.2, -0.15) is 0 Å². The molecule has 1 aromatic carbocycles. The second-order valence-corrected chi connectivity index (χ2v) is 4.18. The van der Waals surface area contributed by atoms with Crippen molar-refractivity contribution >= 4 is 21.7 Å². The van der Waals surface area contributed by atoms with E-state index in [1.54, 1.807) is 18.2 Å². The second-order valence-electron chi connectivity index (χ2n) is 3.33. The van der Waals surface area contributed by atoms with Crippen LogP contribution >= 0.6 is 15.9 Å². The highest BCUT2D eigenvalue weighted by Gasteiger charge is 2.18. The van der Waals surface area contributed by atoms with Crippen LogP contribution in [0.15, 0.2) is 27.2 Å². The van der Waals surface area contributed by atoms with Crippen LogP contribution in [0.1, 0.15) is 12.5 Å². The van der Waals surface area contributed by atoms with Crippen LogP contribution in [-0.4, -0.2) is 5.16 Å². The Labute approximate surface area is 101 Å². The predicted molar refractivity (Wildman–Crippen MR) is 63.4 cm³/mol. The lowest BCUT2D eigenvalue weighted by Gasteiger charge is -2.02. The van der Waals surface area contributed by atoms with Gasteiger partial charge in [-0.3, -0.25) is 0 Å². The molecule has 0 amide bonds. The van der Waals surface area contributed by atoms with Crippen LogP contribution in [0.3, 0.4) is 0 Å². The summed E-state index contributed by atoms with van der Waals surface area (Å²) in [4.78, 5) is 0. The molecule has 0 atom stereocenters. The van der Waals surface area contributed by atoms with Crippen LogP contribution < -0.4 is 5.73 Å². The van der Waals surface area contributed by atoms with Crippen molar-refractivity contribution < 1.29 is 8.91 Å². The Kier molecular flexibility index (Phi) is 2.96. The molecule has 1 heterocycles. The van der Waals surface area contributed by atoms with Gasteiger partial charge in [-0.25, -0.2) is 4.39 Å². The van der Waals surface area contributed by atoms with E-state index >= 15 is 0 Å². The van der Waals surface area contributed by atoms with Gasteiger partial charge < -0.3 is 10.3 Å². The van der Waals surface area contributed by atoms with Crippen LogP contribution in [-0.2, 0) is 6.42 Å². The van der Waals surface area contributed by atoms with Crippen molar-refractivity contribution in [2.45, 2.75) is 13.3 Å². The first-order chi connectivity index (χ1) is 7.65. The third-order valence-corrected chi connectivity index (χ3v) is 2.98. The normalized spacial score (nSPS) is 10.7. The predicted octanol–water partition coefficient (Wildman–Crippen LogP) is 3.39. The fourth-order valence-corrected chi connectivity index (χ4v) is 1.92. The summed E-state index contributed by atoms with van der Waals surface area (Å²) < 4.78 is 19.3. The molecule has 0 spiro atoms. The smallest absolute Gasteiger partial charge is 0.175 e. The summed E-state index contributed by atoms with van der Waals surface area (Å²) >= 11 is 3.13. The number of hydrogen-bond acceptors (Lipinski definition) is 3. The molecule has 1 aromatic heterocycles. The Hall–Kier alpha value is -1.36. The van der Waals surface area contributed by atoms with Crippen molar-refractivity contribution in [1.82, 2.24) is 5.16 Å². The number of nitrogens with two attached hydrogens (primary N) is 1. The Bertz CT molecular complexity index is 525. The minimum Gasteiger partial charge on any atom is -0.381 e. The summed E-state index contributed by atoms with van der Waals surface area (Å²) in [6.07, 6.45) is 0.649. The fourth-order valence-electron chi connectivity index (χ4n) is 1.55. The molecule has 0 bridgehead atoms. The number of halogens is 2. The summed E-state index contributed by atoms with van der Waals surface area (Å²) in [5.41, 5.74) is 6.74. The van der Waals surface area contributed by atoms with Crippen LogP contribution in [0.25, 0.3) is 11.3 Å². The zero-order valence-electron chi connectivity index (χ0n) is 8.63. The summed E-state index contributed by atoms with van der Waals surface area (Å²) in [5, 5.41) is 3.66. The lowest BCUT2D eigenvalue weighted by molar-refractivity contribution is 0.432. The summed E-state index contributed by atoms with van der Waals surface area (Å²) in [6.45, 7) is 1.92. The van der Waals surface area contributed by atoms with E-state index in [1.807, 2.05) is 6.92 Å². The zero-order valence-corrected chi connectivity index (χ0v) is 10.2. The highest BCUT2D eigenvalue weighted by molar-refractivity contribution is 9.10. The van der Waals surface area contributed by atoms with Crippen molar-refractivity contribution in [1.29, 1.82) is 0 Å². The van der Waals surface area contributed by atoms with Crippen molar-refractivity contribution in [3.8, 4) is 11.3 Å². The highest BCUT2D eigenvalue weighted by Crippen LogP contribution is 2.32. The molecule has 0 radical (unpaired) electrons. The summed E-state index contributed by atoms with van der Waals surface area (Å²) in [7, 11) is 0. The monoisotopic (exact) mass is 284 g/mol. The molecule has 0 saturated heterocycles. The standard InChI is InChI=1S/C11H10BrFN2O/c1-2-6-10(16-15-11(6)14)7-4-3-5-8(12)9(7)13/h3-5H,2H2,1H3,(H2,14,15). The maximum atomic E-state index is 13.8. The third kappa shape index (κ3) is 1.71. The Morgan fingerprint density at radius 2 is 2.25 bits per heavy atom. The molecule has 2 N–H and O–H groups in total. The number of nitrogen functional groups attached to an aromatic ring is 1. The average Bonchev–Trinajstić information content (AvgIpc) is 2.63. The molecule has 0 aliphatic rings. The van der Waals surface area contributed by atoms with E-state index in [2.05, 4.69) is 21.1 Å². The molecular formula is C11H10BrFN2O. The van der Waals surface area contributed by atoms with Crippen molar-refractivity contribution in [3.05, 3.63) is 34.1 Å². The minimum atomic E-state index is -0.367. The van der Waals surface area contributed by atoms with E-state index in [4.69, 9.17) is 10.3 Å². The van der Waals surface area contributed by atoms with Crippen LogP contribution in [0.2, 0.25) is 0 Å². The third-order valence-electron chi connectivity index (χ3n) is 2.37. The van der Waals surface area contributed by atoms with Gasteiger partial charge in [-0.1, -0.05) is 18.1 Å². The Balaban J connectivity index is 2.63. The first-order valence-corrected chi connectivity index (χ1v) is 5.62. The highest BCUT2D eigenvalue weighted by atomic mass is 79.9. The number of nitrogens with zero attached hydrogens (tertiary/aromatic N) is 1. The SMILES string of the molecule is CCc1c(N)noc1-c1cccc(Br)c1F. The molecular weight excluding hydrogens is 275 g/mol. The van der Waals surface area contributed by atoms with Crippen LogP contribution in [0, 0.1) is 5.82 Å². The molecule has 0 aliphatic carbocycles. The number of benzene rings is 1. The second kappa shape index (κ2) is 4.25.